The third-order valence-corrected chi connectivity index (χ3v) is 3.67. The molecule has 0 radical (unpaired) electrons. The van der Waals surface area contributed by atoms with Crippen molar-refractivity contribution in [2.24, 2.45) is 0 Å². The molecule has 0 aliphatic carbocycles. The number of halogens is 2. The van der Waals surface area contributed by atoms with E-state index < -0.39 is 7.12 Å². The zero-order valence-electron chi connectivity index (χ0n) is 12.7. The largest absolute Gasteiger partial charge is 0.488 e. The first-order valence-electron chi connectivity index (χ1n) is 6.78. The van der Waals surface area contributed by atoms with Crippen LogP contribution in [0.2, 0.25) is 10.0 Å². The Bertz CT molecular complexity index is 690. The van der Waals surface area contributed by atoms with Gasteiger partial charge in [-0.3, -0.25) is 0 Å². The first-order valence-corrected chi connectivity index (χ1v) is 7.53. The third kappa shape index (κ3) is 4.06. The smallest absolute Gasteiger partial charge is 0.480 e. The van der Waals surface area contributed by atoms with Crippen LogP contribution in [0.25, 0.3) is 0 Å². The highest BCUT2D eigenvalue weighted by Crippen LogP contribution is 2.36. The summed E-state index contributed by atoms with van der Waals surface area (Å²) >= 11 is 12.2. The number of hydrogen-bond donors (Lipinski definition) is 2. The van der Waals surface area contributed by atoms with E-state index in [1.165, 1.54) is 19.2 Å². The molecular formula is C14H15BCl2N2O4. The van der Waals surface area contributed by atoms with Gasteiger partial charge in [-0.2, -0.15) is 0 Å². The van der Waals surface area contributed by atoms with E-state index in [2.05, 4.69) is 10.2 Å². The summed E-state index contributed by atoms with van der Waals surface area (Å²) in [7, 11) is -0.157. The van der Waals surface area contributed by atoms with Gasteiger partial charge in [0.1, 0.15) is 0 Å². The molecule has 2 aromatic rings. The standard InChI is InChI=1S/C14H15BCl2N2O4/c1-7(2)9-6-12(18-19-14(9)22-3)23-13-10(16)4-8(15(20)21)5-11(13)17/h4-7,20-21H,1-3H3. The van der Waals surface area contributed by atoms with Crippen molar-refractivity contribution in [3.05, 3.63) is 33.8 Å². The topological polar surface area (TPSA) is 84.7 Å². The molecule has 2 N–H and O–H groups in total. The summed E-state index contributed by atoms with van der Waals surface area (Å²) in [4.78, 5) is 0. The van der Waals surface area contributed by atoms with Crippen LogP contribution in [0, 0.1) is 0 Å². The molecule has 0 saturated carbocycles. The van der Waals surface area contributed by atoms with Crippen molar-refractivity contribution in [1.29, 1.82) is 0 Å². The quantitative estimate of drug-likeness (QED) is 0.800. The van der Waals surface area contributed by atoms with Crippen LogP contribution in [0.3, 0.4) is 0 Å². The fraction of sp³-hybridized carbons (Fsp3) is 0.286. The number of rotatable bonds is 5. The van der Waals surface area contributed by atoms with E-state index in [1.54, 1.807) is 6.07 Å². The van der Waals surface area contributed by atoms with Gasteiger partial charge in [0.25, 0.3) is 0 Å². The summed E-state index contributed by atoms with van der Waals surface area (Å²) in [6, 6.07) is 4.40. The fourth-order valence-corrected chi connectivity index (χ4v) is 2.51. The van der Waals surface area contributed by atoms with E-state index in [9.17, 15) is 0 Å². The van der Waals surface area contributed by atoms with Gasteiger partial charge in [-0.1, -0.05) is 37.0 Å². The van der Waals surface area contributed by atoms with Crippen molar-refractivity contribution in [2.75, 3.05) is 7.11 Å². The summed E-state index contributed by atoms with van der Waals surface area (Å²) in [5, 5.41) is 26.5. The maximum atomic E-state index is 9.17. The maximum absolute atomic E-state index is 9.17. The van der Waals surface area contributed by atoms with Crippen LogP contribution in [0.15, 0.2) is 18.2 Å². The zero-order valence-corrected chi connectivity index (χ0v) is 14.3. The van der Waals surface area contributed by atoms with Crippen LogP contribution in [0.4, 0.5) is 0 Å². The van der Waals surface area contributed by atoms with Gasteiger partial charge in [0.05, 0.1) is 17.2 Å². The molecular weight excluding hydrogens is 342 g/mol. The Morgan fingerprint density at radius 1 is 1.09 bits per heavy atom. The van der Waals surface area contributed by atoms with Gasteiger partial charge in [-0.05, 0) is 23.5 Å². The number of ether oxygens (including phenoxy) is 2. The first kappa shape index (κ1) is 17.8. The predicted molar refractivity (Wildman–Crippen MR) is 89.0 cm³/mol. The van der Waals surface area contributed by atoms with Crippen molar-refractivity contribution in [2.45, 2.75) is 19.8 Å². The van der Waals surface area contributed by atoms with E-state index in [1.807, 2.05) is 13.8 Å². The molecule has 0 amide bonds. The summed E-state index contributed by atoms with van der Waals surface area (Å²) in [6.07, 6.45) is 0. The average molecular weight is 357 g/mol. The minimum Gasteiger partial charge on any atom is -0.480 e. The molecule has 0 atom stereocenters. The maximum Gasteiger partial charge on any atom is 0.488 e. The SMILES string of the molecule is COc1nnc(Oc2c(Cl)cc(B(O)O)cc2Cl)cc1C(C)C. The summed E-state index contributed by atoms with van der Waals surface area (Å²) in [5.74, 6) is 0.937. The Morgan fingerprint density at radius 3 is 2.17 bits per heavy atom. The lowest BCUT2D eigenvalue weighted by atomic mass is 9.80. The molecule has 122 valence electrons. The van der Waals surface area contributed by atoms with E-state index in [4.69, 9.17) is 42.7 Å². The Morgan fingerprint density at radius 2 is 1.70 bits per heavy atom. The first-order chi connectivity index (χ1) is 10.8. The number of hydrogen-bond acceptors (Lipinski definition) is 6. The number of benzene rings is 1. The summed E-state index contributed by atoms with van der Waals surface area (Å²) < 4.78 is 10.8. The van der Waals surface area contributed by atoms with Gasteiger partial charge < -0.3 is 19.5 Å². The summed E-state index contributed by atoms with van der Waals surface area (Å²) in [5.41, 5.74) is 0.989. The third-order valence-electron chi connectivity index (χ3n) is 3.11. The van der Waals surface area contributed by atoms with Crippen LogP contribution in [-0.4, -0.2) is 34.5 Å². The zero-order chi connectivity index (χ0) is 17.1. The van der Waals surface area contributed by atoms with Crippen LogP contribution in [0.5, 0.6) is 17.5 Å². The molecule has 2 rings (SSSR count). The predicted octanol–water partition coefficient (Wildman–Crippen LogP) is 2.39. The van der Waals surface area contributed by atoms with Gasteiger partial charge in [0.2, 0.25) is 11.8 Å². The molecule has 0 aliphatic rings. The van der Waals surface area contributed by atoms with E-state index in [0.717, 1.165) is 5.56 Å². The van der Waals surface area contributed by atoms with Crippen LogP contribution < -0.4 is 14.9 Å². The second-order valence-electron chi connectivity index (χ2n) is 5.09. The van der Waals surface area contributed by atoms with E-state index in [-0.39, 0.29) is 33.1 Å². The van der Waals surface area contributed by atoms with E-state index in [0.29, 0.717) is 5.88 Å². The lowest BCUT2D eigenvalue weighted by Gasteiger charge is -2.13. The van der Waals surface area contributed by atoms with Crippen LogP contribution in [-0.2, 0) is 0 Å². The molecule has 1 heterocycles. The van der Waals surface area contributed by atoms with Gasteiger partial charge in [-0.25, -0.2) is 0 Å². The molecule has 0 aliphatic heterocycles. The normalized spacial score (nSPS) is 10.8. The molecule has 0 spiro atoms. The number of nitrogens with zero attached hydrogens (tertiary/aromatic N) is 2. The van der Waals surface area contributed by atoms with Crippen molar-refractivity contribution in [3.8, 4) is 17.5 Å². The molecule has 1 aromatic carbocycles. The van der Waals surface area contributed by atoms with Gasteiger partial charge in [0.15, 0.2) is 5.75 Å². The van der Waals surface area contributed by atoms with Crippen molar-refractivity contribution < 1.29 is 19.5 Å². The monoisotopic (exact) mass is 356 g/mol. The minimum atomic E-state index is -1.67. The fourth-order valence-electron chi connectivity index (χ4n) is 1.93. The summed E-state index contributed by atoms with van der Waals surface area (Å²) in [6.45, 7) is 3.97. The van der Waals surface area contributed by atoms with Gasteiger partial charge in [-0.15, -0.1) is 10.2 Å². The average Bonchev–Trinajstić information content (AvgIpc) is 2.50. The molecule has 9 heteroatoms. The minimum absolute atomic E-state index is 0.129. The lowest BCUT2D eigenvalue weighted by molar-refractivity contribution is 0.375. The van der Waals surface area contributed by atoms with E-state index >= 15 is 0 Å². The second-order valence-corrected chi connectivity index (χ2v) is 5.91. The highest BCUT2D eigenvalue weighted by Gasteiger charge is 2.19. The second kappa shape index (κ2) is 7.36. The molecule has 0 saturated heterocycles. The molecule has 0 bridgehead atoms. The number of aromatic nitrogens is 2. The number of methoxy groups -OCH3 is 1. The Hall–Kier alpha value is -1.54. The molecule has 23 heavy (non-hydrogen) atoms. The molecule has 0 unspecified atom stereocenters. The molecule has 1 aromatic heterocycles. The van der Waals surface area contributed by atoms with Crippen molar-refractivity contribution >= 4 is 35.8 Å². The Labute approximate surface area is 144 Å². The van der Waals surface area contributed by atoms with Crippen LogP contribution in [0.1, 0.15) is 25.3 Å². The Kier molecular flexibility index (Phi) is 5.70. The molecule has 0 fully saturated rings. The van der Waals surface area contributed by atoms with Gasteiger partial charge >= 0.3 is 7.12 Å². The lowest BCUT2D eigenvalue weighted by Crippen LogP contribution is -2.29. The van der Waals surface area contributed by atoms with Crippen LogP contribution >= 0.6 is 23.2 Å². The van der Waals surface area contributed by atoms with Crippen molar-refractivity contribution in [3.63, 3.8) is 0 Å². The molecule has 6 nitrogen and oxygen atoms in total. The van der Waals surface area contributed by atoms with Crippen molar-refractivity contribution in [1.82, 2.24) is 10.2 Å². The highest BCUT2D eigenvalue weighted by atomic mass is 35.5. The van der Waals surface area contributed by atoms with Gasteiger partial charge in [0, 0.05) is 11.6 Å². The Balaban J connectivity index is 2.38. The highest BCUT2D eigenvalue weighted by molar-refractivity contribution is 6.59.